The molecule has 2 aromatic carbocycles. The van der Waals surface area contributed by atoms with Crippen LogP contribution in [0.4, 0.5) is 0 Å². The Hall–Kier alpha value is -2.61. The predicted octanol–water partition coefficient (Wildman–Crippen LogP) is 7.06. The summed E-state index contributed by atoms with van der Waals surface area (Å²) in [5.41, 5.74) is 6.37. The highest BCUT2D eigenvalue weighted by molar-refractivity contribution is 5.59. The van der Waals surface area contributed by atoms with Gasteiger partial charge in [-0.1, -0.05) is 75.2 Å². The Bertz CT molecular complexity index is 835. The fourth-order valence-electron chi connectivity index (χ4n) is 3.44. The first-order chi connectivity index (χ1) is 14.3. The van der Waals surface area contributed by atoms with Gasteiger partial charge in [0.15, 0.2) is 0 Å². The van der Waals surface area contributed by atoms with E-state index in [0.717, 1.165) is 42.9 Å². The Kier molecular flexibility index (Phi) is 8.30. The molecule has 0 aliphatic rings. The van der Waals surface area contributed by atoms with Crippen LogP contribution in [0.15, 0.2) is 66.9 Å². The standard InChI is InChI=1S/C27H33NO/c1-3-5-6-7-22-8-10-23(11-9-22)12-13-24-14-16-25(17-15-24)27-19-18-26(21-28-27)29-20-4-2/h8-11,14-19,21H,3-7,12-13,20H2,1-2H3. The third-order valence-corrected chi connectivity index (χ3v) is 5.25. The van der Waals surface area contributed by atoms with Gasteiger partial charge in [-0.25, -0.2) is 0 Å². The molecule has 2 nitrogen and oxygen atoms in total. The Morgan fingerprint density at radius 1 is 0.655 bits per heavy atom. The molecule has 0 saturated carbocycles. The maximum absolute atomic E-state index is 5.61. The summed E-state index contributed by atoms with van der Waals surface area (Å²) in [5.74, 6) is 0.837. The third kappa shape index (κ3) is 6.74. The van der Waals surface area contributed by atoms with Gasteiger partial charge in [0, 0.05) is 5.56 Å². The number of aromatic nitrogens is 1. The number of pyridine rings is 1. The van der Waals surface area contributed by atoms with Gasteiger partial charge in [-0.05, 0) is 60.9 Å². The highest BCUT2D eigenvalue weighted by Crippen LogP contribution is 2.21. The normalized spacial score (nSPS) is 10.8. The smallest absolute Gasteiger partial charge is 0.137 e. The van der Waals surface area contributed by atoms with Crippen LogP contribution in [-0.2, 0) is 19.3 Å². The van der Waals surface area contributed by atoms with Crippen molar-refractivity contribution in [2.45, 2.75) is 58.8 Å². The first-order valence-corrected chi connectivity index (χ1v) is 11.0. The zero-order valence-corrected chi connectivity index (χ0v) is 17.9. The van der Waals surface area contributed by atoms with E-state index < -0.39 is 0 Å². The largest absolute Gasteiger partial charge is 0.492 e. The highest BCUT2D eigenvalue weighted by atomic mass is 16.5. The fourth-order valence-corrected chi connectivity index (χ4v) is 3.44. The zero-order valence-electron chi connectivity index (χ0n) is 17.9. The summed E-state index contributed by atoms with van der Waals surface area (Å²) >= 11 is 0. The van der Waals surface area contributed by atoms with Crippen LogP contribution < -0.4 is 4.74 Å². The Morgan fingerprint density at radius 3 is 1.83 bits per heavy atom. The molecule has 2 heteroatoms. The van der Waals surface area contributed by atoms with Gasteiger partial charge in [0.25, 0.3) is 0 Å². The van der Waals surface area contributed by atoms with E-state index in [4.69, 9.17) is 4.74 Å². The maximum Gasteiger partial charge on any atom is 0.137 e. The Balaban J connectivity index is 1.51. The fraction of sp³-hybridized carbons (Fsp3) is 0.370. The number of nitrogens with zero attached hydrogens (tertiary/aromatic N) is 1. The minimum Gasteiger partial charge on any atom is -0.492 e. The van der Waals surface area contributed by atoms with Crippen molar-refractivity contribution < 1.29 is 4.74 Å². The minimum atomic E-state index is 0.733. The van der Waals surface area contributed by atoms with Crippen LogP contribution in [0, 0.1) is 0 Å². The molecule has 3 aromatic rings. The van der Waals surface area contributed by atoms with Crippen LogP contribution in [0.25, 0.3) is 11.3 Å². The minimum absolute atomic E-state index is 0.733. The van der Waals surface area contributed by atoms with Crippen LogP contribution >= 0.6 is 0 Å². The van der Waals surface area contributed by atoms with E-state index in [1.54, 1.807) is 0 Å². The van der Waals surface area contributed by atoms with Crippen LogP contribution in [0.5, 0.6) is 5.75 Å². The molecule has 0 atom stereocenters. The molecule has 1 aromatic heterocycles. The third-order valence-electron chi connectivity index (χ3n) is 5.25. The molecular weight excluding hydrogens is 354 g/mol. The summed E-state index contributed by atoms with van der Waals surface area (Å²) in [6.45, 7) is 5.09. The molecule has 29 heavy (non-hydrogen) atoms. The lowest BCUT2D eigenvalue weighted by Gasteiger charge is -2.07. The summed E-state index contributed by atoms with van der Waals surface area (Å²) in [6, 6.07) is 22.0. The van der Waals surface area contributed by atoms with Crippen molar-refractivity contribution in [2.75, 3.05) is 6.61 Å². The summed E-state index contributed by atoms with van der Waals surface area (Å²) < 4.78 is 5.61. The number of hydrogen-bond acceptors (Lipinski definition) is 2. The molecule has 1 heterocycles. The van der Waals surface area contributed by atoms with E-state index in [1.807, 2.05) is 18.3 Å². The van der Waals surface area contributed by atoms with Gasteiger partial charge in [0.2, 0.25) is 0 Å². The topological polar surface area (TPSA) is 22.1 Å². The van der Waals surface area contributed by atoms with E-state index in [2.05, 4.69) is 67.4 Å². The van der Waals surface area contributed by atoms with Crippen LogP contribution in [0.3, 0.4) is 0 Å². The molecule has 0 saturated heterocycles. The summed E-state index contributed by atoms with van der Waals surface area (Å²) in [7, 11) is 0. The molecule has 0 N–H and O–H groups in total. The van der Waals surface area contributed by atoms with Crippen molar-refractivity contribution in [1.29, 1.82) is 0 Å². The second-order valence-corrected chi connectivity index (χ2v) is 7.70. The molecule has 0 spiro atoms. The van der Waals surface area contributed by atoms with Crippen LogP contribution in [0.1, 0.15) is 56.2 Å². The second kappa shape index (κ2) is 11.4. The van der Waals surface area contributed by atoms with E-state index in [1.165, 1.54) is 42.4 Å². The number of aryl methyl sites for hydroxylation is 3. The van der Waals surface area contributed by atoms with Crippen molar-refractivity contribution in [3.05, 3.63) is 83.6 Å². The molecule has 0 unspecified atom stereocenters. The van der Waals surface area contributed by atoms with E-state index in [0.29, 0.717) is 0 Å². The maximum atomic E-state index is 5.61. The zero-order chi connectivity index (χ0) is 20.3. The molecule has 0 aliphatic carbocycles. The molecule has 0 aliphatic heterocycles. The van der Waals surface area contributed by atoms with Crippen molar-refractivity contribution in [3.63, 3.8) is 0 Å². The van der Waals surface area contributed by atoms with Crippen molar-refractivity contribution in [1.82, 2.24) is 4.98 Å². The van der Waals surface area contributed by atoms with Gasteiger partial charge in [0.1, 0.15) is 5.75 Å². The molecule has 0 radical (unpaired) electrons. The summed E-state index contributed by atoms with van der Waals surface area (Å²) in [4.78, 5) is 4.53. The predicted molar refractivity (Wildman–Crippen MR) is 123 cm³/mol. The first-order valence-electron chi connectivity index (χ1n) is 11.0. The average molecular weight is 388 g/mol. The SMILES string of the molecule is CCCCCc1ccc(CCc2ccc(-c3ccc(OCCC)cn3)cc2)cc1. The van der Waals surface area contributed by atoms with E-state index in [-0.39, 0.29) is 0 Å². The van der Waals surface area contributed by atoms with Gasteiger partial charge in [-0.2, -0.15) is 0 Å². The van der Waals surface area contributed by atoms with E-state index >= 15 is 0 Å². The molecule has 0 bridgehead atoms. The van der Waals surface area contributed by atoms with Crippen molar-refractivity contribution >= 4 is 0 Å². The number of unbranched alkanes of at least 4 members (excludes halogenated alkanes) is 2. The molecule has 0 fully saturated rings. The van der Waals surface area contributed by atoms with Crippen molar-refractivity contribution in [2.24, 2.45) is 0 Å². The quantitative estimate of drug-likeness (QED) is 0.329. The monoisotopic (exact) mass is 387 g/mol. The molecule has 3 rings (SSSR count). The second-order valence-electron chi connectivity index (χ2n) is 7.70. The number of rotatable bonds is 11. The Morgan fingerprint density at radius 2 is 1.28 bits per heavy atom. The summed E-state index contributed by atoms with van der Waals surface area (Å²) in [6.07, 6.45) is 10.1. The lowest BCUT2D eigenvalue weighted by Crippen LogP contribution is -1.95. The first kappa shape index (κ1) is 21.1. The van der Waals surface area contributed by atoms with Crippen molar-refractivity contribution in [3.8, 4) is 17.0 Å². The summed E-state index contributed by atoms with van der Waals surface area (Å²) in [5, 5.41) is 0. The van der Waals surface area contributed by atoms with Gasteiger partial charge in [0.05, 0.1) is 18.5 Å². The molecular formula is C27H33NO. The molecule has 0 amide bonds. The number of hydrogen-bond donors (Lipinski definition) is 0. The van der Waals surface area contributed by atoms with Crippen LogP contribution in [0.2, 0.25) is 0 Å². The number of benzene rings is 2. The Labute approximate surface area is 176 Å². The molecule has 152 valence electrons. The van der Waals surface area contributed by atoms with Crippen LogP contribution in [-0.4, -0.2) is 11.6 Å². The van der Waals surface area contributed by atoms with E-state index in [9.17, 15) is 0 Å². The number of ether oxygens (including phenoxy) is 1. The van der Waals surface area contributed by atoms with Gasteiger partial charge < -0.3 is 4.74 Å². The van der Waals surface area contributed by atoms with Gasteiger partial charge in [-0.3, -0.25) is 4.98 Å². The average Bonchev–Trinajstić information content (AvgIpc) is 2.78. The lowest BCUT2D eigenvalue weighted by molar-refractivity contribution is 0.316. The lowest BCUT2D eigenvalue weighted by atomic mass is 10.00. The van der Waals surface area contributed by atoms with Gasteiger partial charge in [-0.15, -0.1) is 0 Å². The van der Waals surface area contributed by atoms with Gasteiger partial charge >= 0.3 is 0 Å². The highest BCUT2D eigenvalue weighted by Gasteiger charge is 2.02.